The minimum atomic E-state index is -4.07. The van der Waals surface area contributed by atoms with Gasteiger partial charge in [-0.1, -0.05) is 145 Å². The maximum atomic E-state index is 13.8. The van der Waals surface area contributed by atoms with E-state index in [4.69, 9.17) is 9.47 Å². The monoisotopic (exact) mass is 1700 g/mol. The minimum Gasteiger partial charge on any atom is -0.497 e. The standard InChI is InChI=1S/C32H30N2O6S2.C28H22N2O8S2.C26H18N2O6S2/c1-17-11-19(3)31(20(4)12-17)41(37,38)15-25-26(16-42(39,40)32-21(5)13-18(2)14-22(32)6)34-28-27(33-25)29(35)23-9-7-8-10-24(23)30(28)36;1-37-17-7-11-19(12-8-17)39(33,34)15-23-24(16-40(35,36)20-13-9-18(38-2)10-14-20)30-26-25(29-23)27(31)21-5-3-4-6-22(21)28(26)32;29-25-19-13-7-8-14-20(19)26(30)24-23(25)27-21(15-35(31,32)17-9-3-1-4-10-17)22(28-24)16-36(33,34)18-11-5-2-6-12-18/h7-14H,15-16H2,1-6H3;3-14H,15-16H2,1-2H3;1-14H,15-16H2. The average Bonchev–Trinajstić information content (AvgIpc) is 0.746. The Morgan fingerprint density at radius 3 is 0.610 bits per heavy atom. The number of hydrogen-bond donors (Lipinski definition) is 0. The van der Waals surface area contributed by atoms with Crippen LogP contribution in [0.1, 0.15) is 164 Å². The average molecular weight is 1700 g/mol. The summed E-state index contributed by atoms with van der Waals surface area (Å²) in [7, 11) is -21.3. The predicted molar refractivity (Wildman–Crippen MR) is 432 cm³/mol. The number of hydrogen-bond acceptors (Lipinski definition) is 26. The Morgan fingerprint density at radius 2 is 0.415 bits per heavy atom. The normalized spacial score (nSPS) is 13.1. The number of carbonyl (C=O) groups is 6. The molecular weight excluding hydrogens is 1630 g/mol. The van der Waals surface area contributed by atoms with Crippen LogP contribution < -0.4 is 9.47 Å². The van der Waals surface area contributed by atoms with Gasteiger partial charge >= 0.3 is 0 Å². The van der Waals surface area contributed by atoms with E-state index in [9.17, 15) is 79.3 Å². The van der Waals surface area contributed by atoms with E-state index in [1.807, 2.05) is 13.8 Å². The number of benzene rings is 9. The highest BCUT2D eigenvalue weighted by Crippen LogP contribution is 2.36. The molecule has 0 amide bonds. The van der Waals surface area contributed by atoms with Crippen LogP contribution in [0.15, 0.2) is 236 Å². The van der Waals surface area contributed by atoms with E-state index in [0.717, 1.165) is 11.1 Å². The van der Waals surface area contributed by atoms with Crippen LogP contribution in [0.2, 0.25) is 0 Å². The molecule has 0 saturated carbocycles. The summed E-state index contributed by atoms with van der Waals surface area (Å²) in [5.74, 6) is -6.92. The fourth-order valence-corrected chi connectivity index (χ4v) is 23.2. The van der Waals surface area contributed by atoms with Crippen molar-refractivity contribution in [2.75, 3.05) is 14.2 Å². The Labute approximate surface area is 680 Å². The van der Waals surface area contributed by atoms with Crippen LogP contribution >= 0.6 is 0 Å². The Bertz CT molecular complexity index is 6530. The lowest BCUT2D eigenvalue weighted by Gasteiger charge is -2.20. The van der Waals surface area contributed by atoms with Crippen LogP contribution in [0.5, 0.6) is 11.5 Å². The highest BCUT2D eigenvalue weighted by Gasteiger charge is 2.40. The van der Waals surface area contributed by atoms with Crippen LogP contribution in [0.4, 0.5) is 0 Å². The Kier molecular flexibility index (Phi) is 23.0. The number of nitrogens with zero attached hydrogens (tertiary/aromatic N) is 6. The molecule has 118 heavy (non-hydrogen) atoms. The number of sulfone groups is 6. The summed E-state index contributed by atoms with van der Waals surface area (Å²) in [6, 6.07) is 52.0. The summed E-state index contributed by atoms with van der Waals surface area (Å²) < 4.78 is 171. The van der Waals surface area contributed by atoms with Gasteiger partial charge in [0.15, 0.2) is 59.0 Å². The molecule has 3 heterocycles. The van der Waals surface area contributed by atoms with Gasteiger partial charge in [0.05, 0.1) is 112 Å². The summed E-state index contributed by atoms with van der Waals surface area (Å²) >= 11 is 0. The van der Waals surface area contributed by atoms with Gasteiger partial charge in [0.2, 0.25) is 34.7 Å². The third-order valence-corrected chi connectivity index (χ3v) is 29.9. The highest BCUT2D eigenvalue weighted by molar-refractivity contribution is 7.92. The molecule has 3 aliphatic carbocycles. The summed E-state index contributed by atoms with van der Waals surface area (Å²) in [5, 5.41) is 0. The zero-order valence-corrected chi connectivity index (χ0v) is 69.1. The van der Waals surface area contributed by atoms with Crippen molar-refractivity contribution in [3.05, 3.63) is 341 Å². The molecule has 0 aliphatic heterocycles. The van der Waals surface area contributed by atoms with E-state index in [1.54, 1.807) is 125 Å². The molecule has 26 nitrogen and oxygen atoms in total. The molecule has 0 fully saturated rings. The molecule has 0 N–H and O–H groups in total. The second kappa shape index (κ2) is 32.6. The molecule has 12 aromatic rings. The quantitative estimate of drug-likeness (QED) is 0.0684. The molecule has 0 saturated heterocycles. The number of carbonyl (C=O) groups excluding carboxylic acids is 6. The van der Waals surface area contributed by atoms with Crippen LogP contribution in [-0.2, 0) is 93.5 Å². The summed E-state index contributed by atoms with van der Waals surface area (Å²) in [6.45, 7) is 10.5. The molecule has 0 bridgehead atoms. The molecule has 32 heteroatoms. The highest BCUT2D eigenvalue weighted by atomic mass is 32.2. The first-order chi connectivity index (χ1) is 55.8. The SMILES string of the molecule is COc1ccc(S(=O)(=O)Cc2nc3c(nc2CS(=O)(=O)c2ccc(OC)cc2)C(=O)c2ccccc2C3=O)cc1.Cc1cc(C)c(S(=O)(=O)Cc2nc3c(nc2CS(=O)(=O)c2c(C)cc(C)cc2C)C(=O)c2ccccc2C3=O)c(C)c1.O=C1c2ccccc2C(=O)c2nc(CS(=O)(=O)c3ccccc3)c(CS(=O)(=O)c3ccccc3)nc21. The largest absolute Gasteiger partial charge is 0.497 e. The number of ketones is 6. The van der Waals surface area contributed by atoms with Crippen molar-refractivity contribution < 1.29 is 88.7 Å². The third kappa shape index (κ3) is 16.8. The molecule has 9 aromatic carbocycles. The van der Waals surface area contributed by atoms with Gasteiger partial charge in [0.1, 0.15) is 45.7 Å². The third-order valence-electron chi connectivity index (χ3n) is 19.5. The fraction of sp³-hybridized carbons (Fsp3) is 0.163. The predicted octanol–water partition coefficient (Wildman–Crippen LogP) is 11.5. The smallest absolute Gasteiger partial charge is 0.214 e. The Hall–Kier alpha value is -12.5. The number of aryl methyl sites for hydroxylation is 6. The summed E-state index contributed by atoms with van der Waals surface area (Å²) in [6.07, 6.45) is 0. The molecule has 15 rings (SSSR count). The van der Waals surface area contributed by atoms with Crippen molar-refractivity contribution in [3.8, 4) is 11.5 Å². The first-order valence-electron chi connectivity index (χ1n) is 36.0. The molecule has 0 spiro atoms. The van der Waals surface area contributed by atoms with Crippen LogP contribution in [0.25, 0.3) is 0 Å². The summed E-state index contributed by atoms with van der Waals surface area (Å²) in [4.78, 5) is 106. The molecule has 600 valence electrons. The van der Waals surface area contributed by atoms with E-state index in [1.165, 1.54) is 123 Å². The Morgan fingerprint density at radius 1 is 0.237 bits per heavy atom. The van der Waals surface area contributed by atoms with Gasteiger partial charge in [0.25, 0.3) is 0 Å². The molecule has 0 radical (unpaired) electrons. The van der Waals surface area contributed by atoms with Crippen molar-refractivity contribution in [1.29, 1.82) is 0 Å². The first kappa shape index (κ1) is 83.5. The maximum absolute atomic E-state index is 13.8. The number of rotatable bonds is 20. The van der Waals surface area contributed by atoms with Crippen molar-refractivity contribution in [2.45, 2.75) is 105 Å². The lowest BCUT2D eigenvalue weighted by Crippen LogP contribution is -2.27. The van der Waals surface area contributed by atoms with E-state index in [-0.39, 0.29) is 131 Å². The molecule has 3 aliphatic rings. The van der Waals surface area contributed by atoms with E-state index < -0.39 is 128 Å². The maximum Gasteiger partial charge on any atom is 0.214 e. The van der Waals surface area contributed by atoms with Gasteiger partial charge in [-0.2, -0.15) is 0 Å². The number of ether oxygens (including phenoxy) is 2. The van der Waals surface area contributed by atoms with Gasteiger partial charge in [-0.25, -0.2) is 80.4 Å². The van der Waals surface area contributed by atoms with Crippen molar-refractivity contribution in [2.24, 2.45) is 0 Å². The molecular formula is C86H70N6O20S6. The van der Waals surface area contributed by atoms with Gasteiger partial charge < -0.3 is 9.47 Å². The van der Waals surface area contributed by atoms with Crippen LogP contribution in [-0.4, -0.2) is 129 Å². The van der Waals surface area contributed by atoms with Crippen molar-refractivity contribution in [1.82, 2.24) is 29.9 Å². The van der Waals surface area contributed by atoms with E-state index in [0.29, 0.717) is 33.8 Å². The fourth-order valence-electron chi connectivity index (χ4n) is 14.3. The van der Waals surface area contributed by atoms with Crippen molar-refractivity contribution in [3.63, 3.8) is 0 Å². The molecule has 0 atom stereocenters. The zero-order valence-electron chi connectivity index (χ0n) is 64.2. The summed E-state index contributed by atoms with van der Waals surface area (Å²) in [5.41, 5.74) is 1.65. The van der Waals surface area contributed by atoms with E-state index >= 15 is 0 Å². The first-order valence-corrected chi connectivity index (χ1v) is 45.9. The van der Waals surface area contributed by atoms with Gasteiger partial charge in [0, 0.05) is 33.4 Å². The van der Waals surface area contributed by atoms with E-state index in [2.05, 4.69) is 29.9 Å². The molecule has 3 aromatic heterocycles. The number of fused-ring (bicyclic) bond motifs is 6. The number of methoxy groups -OCH3 is 2. The Balaban J connectivity index is 0.000000154. The lowest BCUT2D eigenvalue weighted by atomic mass is 9.89. The second-order valence-corrected chi connectivity index (χ2v) is 39.9. The van der Waals surface area contributed by atoms with Gasteiger partial charge in [-0.3, -0.25) is 28.8 Å². The topological polar surface area (TPSA) is 403 Å². The lowest BCUT2D eigenvalue weighted by molar-refractivity contribution is 0.0971. The molecule has 0 unspecified atom stereocenters. The van der Waals surface area contributed by atoms with Crippen LogP contribution in [0.3, 0.4) is 0 Å². The zero-order chi connectivity index (χ0) is 84.9. The van der Waals surface area contributed by atoms with Gasteiger partial charge in [-0.05, 0) is 137 Å². The second-order valence-electron chi connectivity index (χ2n) is 28.0. The van der Waals surface area contributed by atoms with Crippen LogP contribution in [0, 0.1) is 41.5 Å². The number of aromatic nitrogens is 6. The van der Waals surface area contributed by atoms with Gasteiger partial charge in [-0.15, -0.1) is 0 Å². The van der Waals surface area contributed by atoms with Crippen molar-refractivity contribution >= 4 is 93.7 Å². The minimum absolute atomic E-state index is 0.00846.